The SMILES string of the molecule is O=C(NC1CCN(CC2CCCCC2)CC1)c1ccc(CN2CCCC2=O)cc1. The Morgan fingerprint density at radius 3 is 2.31 bits per heavy atom. The number of likely N-dealkylation sites (tertiary alicyclic amines) is 2. The standard InChI is InChI=1S/C24H35N3O2/c28-23-7-4-14-27(23)18-20-8-10-21(11-9-20)24(29)25-22-12-15-26(16-13-22)17-19-5-2-1-3-6-19/h8-11,19,22H,1-7,12-18H2,(H,25,29). The van der Waals surface area contributed by atoms with Crippen molar-refractivity contribution in [3.05, 3.63) is 35.4 Å². The Morgan fingerprint density at radius 1 is 0.931 bits per heavy atom. The van der Waals surface area contributed by atoms with E-state index >= 15 is 0 Å². The lowest BCUT2D eigenvalue weighted by Crippen LogP contribution is -2.45. The number of hydrogen-bond donors (Lipinski definition) is 1. The zero-order chi connectivity index (χ0) is 20.1. The molecule has 0 radical (unpaired) electrons. The second kappa shape index (κ2) is 9.75. The van der Waals surface area contributed by atoms with Crippen LogP contribution >= 0.6 is 0 Å². The molecule has 1 saturated carbocycles. The Bertz CT molecular complexity index is 689. The van der Waals surface area contributed by atoms with Gasteiger partial charge in [-0.3, -0.25) is 9.59 Å². The zero-order valence-electron chi connectivity index (χ0n) is 17.6. The largest absolute Gasteiger partial charge is 0.349 e. The molecule has 2 amide bonds. The van der Waals surface area contributed by atoms with Crippen molar-refractivity contribution < 1.29 is 9.59 Å². The number of rotatable bonds is 6. The predicted octanol–water partition coefficient (Wildman–Crippen LogP) is 3.58. The van der Waals surface area contributed by atoms with Crippen molar-refractivity contribution in [2.45, 2.75) is 70.4 Å². The van der Waals surface area contributed by atoms with Crippen LogP contribution in [0.25, 0.3) is 0 Å². The highest BCUT2D eigenvalue weighted by Gasteiger charge is 2.24. The summed E-state index contributed by atoms with van der Waals surface area (Å²) < 4.78 is 0. The Labute approximate surface area is 174 Å². The molecule has 5 nitrogen and oxygen atoms in total. The highest BCUT2D eigenvalue weighted by atomic mass is 16.2. The summed E-state index contributed by atoms with van der Waals surface area (Å²) in [5.41, 5.74) is 1.80. The molecule has 0 spiro atoms. The van der Waals surface area contributed by atoms with Crippen molar-refractivity contribution in [3.63, 3.8) is 0 Å². The molecule has 2 heterocycles. The van der Waals surface area contributed by atoms with Gasteiger partial charge in [-0.15, -0.1) is 0 Å². The van der Waals surface area contributed by atoms with Crippen molar-refractivity contribution in [3.8, 4) is 0 Å². The minimum atomic E-state index is 0.0273. The lowest BCUT2D eigenvalue weighted by Gasteiger charge is -2.35. The van der Waals surface area contributed by atoms with E-state index in [1.807, 2.05) is 29.2 Å². The molecule has 0 unspecified atom stereocenters. The third-order valence-corrected chi connectivity index (χ3v) is 6.92. The van der Waals surface area contributed by atoms with E-state index in [1.165, 1.54) is 38.6 Å². The molecule has 0 atom stereocenters. The van der Waals surface area contributed by atoms with E-state index in [0.717, 1.165) is 50.4 Å². The van der Waals surface area contributed by atoms with Crippen LogP contribution < -0.4 is 5.32 Å². The molecule has 29 heavy (non-hydrogen) atoms. The highest BCUT2D eigenvalue weighted by Crippen LogP contribution is 2.25. The molecule has 1 aromatic carbocycles. The molecule has 1 aliphatic carbocycles. The molecule has 0 bridgehead atoms. The van der Waals surface area contributed by atoms with E-state index < -0.39 is 0 Å². The number of hydrogen-bond acceptors (Lipinski definition) is 3. The van der Waals surface area contributed by atoms with Crippen LogP contribution in [0.1, 0.15) is 73.7 Å². The maximum Gasteiger partial charge on any atom is 0.251 e. The smallest absolute Gasteiger partial charge is 0.251 e. The number of nitrogens with zero attached hydrogens (tertiary/aromatic N) is 2. The quantitative estimate of drug-likeness (QED) is 0.798. The first-order valence-corrected chi connectivity index (χ1v) is 11.6. The van der Waals surface area contributed by atoms with Crippen LogP contribution in [0.15, 0.2) is 24.3 Å². The van der Waals surface area contributed by atoms with Gasteiger partial charge in [-0.1, -0.05) is 31.4 Å². The molecule has 1 aromatic rings. The number of nitrogens with one attached hydrogen (secondary N) is 1. The van der Waals surface area contributed by atoms with Gasteiger partial charge in [-0.25, -0.2) is 0 Å². The number of carbonyl (C=O) groups excluding carboxylic acids is 2. The average Bonchev–Trinajstić information content (AvgIpc) is 3.15. The molecular weight excluding hydrogens is 362 g/mol. The van der Waals surface area contributed by atoms with Gasteiger partial charge in [0, 0.05) is 50.7 Å². The third kappa shape index (κ3) is 5.59. The summed E-state index contributed by atoms with van der Waals surface area (Å²) in [6.07, 6.45) is 10.8. The van der Waals surface area contributed by atoms with E-state index in [1.54, 1.807) is 0 Å². The molecule has 5 heteroatoms. The van der Waals surface area contributed by atoms with Crippen LogP contribution in [-0.4, -0.2) is 53.8 Å². The molecule has 3 aliphatic rings. The summed E-state index contributed by atoms with van der Waals surface area (Å²) in [5, 5.41) is 3.23. The highest BCUT2D eigenvalue weighted by molar-refractivity contribution is 5.94. The minimum absolute atomic E-state index is 0.0273. The molecule has 2 saturated heterocycles. The molecule has 1 N–H and O–H groups in total. The second-order valence-corrected chi connectivity index (χ2v) is 9.17. The molecule has 2 aliphatic heterocycles. The number of benzene rings is 1. The van der Waals surface area contributed by atoms with Crippen LogP contribution in [0, 0.1) is 5.92 Å². The maximum atomic E-state index is 12.6. The monoisotopic (exact) mass is 397 g/mol. The first kappa shape index (κ1) is 20.4. The average molecular weight is 398 g/mol. The third-order valence-electron chi connectivity index (χ3n) is 6.92. The zero-order valence-corrected chi connectivity index (χ0v) is 17.6. The lowest BCUT2D eigenvalue weighted by atomic mass is 9.88. The van der Waals surface area contributed by atoms with Gasteiger partial charge in [-0.05, 0) is 55.7 Å². The van der Waals surface area contributed by atoms with Gasteiger partial charge in [-0.2, -0.15) is 0 Å². The summed E-state index contributed by atoms with van der Waals surface area (Å²) in [6.45, 7) is 4.96. The summed E-state index contributed by atoms with van der Waals surface area (Å²) >= 11 is 0. The van der Waals surface area contributed by atoms with E-state index in [-0.39, 0.29) is 17.9 Å². The van der Waals surface area contributed by atoms with Crippen LogP contribution in [0.3, 0.4) is 0 Å². The Kier molecular flexibility index (Phi) is 6.86. The van der Waals surface area contributed by atoms with Crippen molar-refractivity contribution >= 4 is 11.8 Å². The number of carbonyl (C=O) groups is 2. The van der Waals surface area contributed by atoms with Gasteiger partial charge in [0.25, 0.3) is 5.91 Å². The fourth-order valence-corrected chi connectivity index (χ4v) is 5.12. The first-order chi connectivity index (χ1) is 14.2. The predicted molar refractivity (Wildman–Crippen MR) is 115 cm³/mol. The van der Waals surface area contributed by atoms with Crippen molar-refractivity contribution in [2.24, 2.45) is 5.92 Å². The fraction of sp³-hybridized carbons (Fsp3) is 0.667. The van der Waals surface area contributed by atoms with Crippen LogP contribution in [0.4, 0.5) is 0 Å². The van der Waals surface area contributed by atoms with Crippen molar-refractivity contribution in [2.75, 3.05) is 26.2 Å². The molecule has 158 valence electrons. The summed E-state index contributed by atoms with van der Waals surface area (Å²) in [4.78, 5) is 28.9. The van der Waals surface area contributed by atoms with Crippen LogP contribution in [-0.2, 0) is 11.3 Å². The van der Waals surface area contributed by atoms with Gasteiger partial charge in [0.2, 0.25) is 5.91 Å². The van der Waals surface area contributed by atoms with Gasteiger partial charge >= 0.3 is 0 Å². The topological polar surface area (TPSA) is 52.7 Å². The molecule has 3 fully saturated rings. The normalized spacial score (nSPS) is 22.2. The molecule has 4 rings (SSSR count). The second-order valence-electron chi connectivity index (χ2n) is 9.17. The number of piperidine rings is 1. The van der Waals surface area contributed by atoms with E-state index in [0.29, 0.717) is 18.5 Å². The van der Waals surface area contributed by atoms with Crippen molar-refractivity contribution in [1.82, 2.24) is 15.1 Å². The minimum Gasteiger partial charge on any atom is -0.349 e. The van der Waals surface area contributed by atoms with Gasteiger partial charge in [0.05, 0.1) is 0 Å². The Balaban J connectivity index is 1.21. The van der Waals surface area contributed by atoms with Crippen LogP contribution in [0.2, 0.25) is 0 Å². The summed E-state index contributed by atoms with van der Waals surface area (Å²) in [5.74, 6) is 1.16. The molecular formula is C24H35N3O2. The van der Waals surface area contributed by atoms with E-state index in [4.69, 9.17) is 0 Å². The Morgan fingerprint density at radius 2 is 1.66 bits per heavy atom. The fourth-order valence-electron chi connectivity index (χ4n) is 5.12. The van der Waals surface area contributed by atoms with Gasteiger partial charge in [0.15, 0.2) is 0 Å². The molecule has 0 aromatic heterocycles. The Hall–Kier alpha value is -1.88. The van der Waals surface area contributed by atoms with E-state index in [2.05, 4.69) is 10.2 Å². The van der Waals surface area contributed by atoms with Gasteiger partial charge < -0.3 is 15.1 Å². The van der Waals surface area contributed by atoms with Crippen molar-refractivity contribution in [1.29, 1.82) is 0 Å². The van der Waals surface area contributed by atoms with E-state index in [9.17, 15) is 9.59 Å². The van der Waals surface area contributed by atoms with Gasteiger partial charge in [0.1, 0.15) is 0 Å². The van der Waals surface area contributed by atoms with Crippen LogP contribution in [0.5, 0.6) is 0 Å². The maximum absolute atomic E-state index is 12.6. The lowest BCUT2D eigenvalue weighted by molar-refractivity contribution is -0.128. The first-order valence-electron chi connectivity index (χ1n) is 11.6. The number of amides is 2. The summed E-state index contributed by atoms with van der Waals surface area (Å²) in [6, 6.07) is 8.03. The summed E-state index contributed by atoms with van der Waals surface area (Å²) in [7, 11) is 0.